The highest BCUT2D eigenvalue weighted by Crippen LogP contribution is 2.41. The molecule has 3 aromatic carbocycles. The molecule has 0 unspecified atom stereocenters. The van der Waals surface area contributed by atoms with Crippen molar-refractivity contribution in [3.63, 3.8) is 0 Å². The van der Waals surface area contributed by atoms with Gasteiger partial charge < -0.3 is 18.9 Å². The van der Waals surface area contributed by atoms with Gasteiger partial charge in [0.15, 0.2) is 23.0 Å². The molecule has 3 aromatic rings. The normalized spacial score (nSPS) is 15.6. The summed E-state index contributed by atoms with van der Waals surface area (Å²) >= 11 is 10.7. The minimum Gasteiger partial charge on any atom is -0.493 e. The summed E-state index contributed by atoms with van der Waals surface area (Å²) < 4.78 is 22.9. The van der Waals surface area contributed by atoms with Crippen LogP contribution in [0.3, 0.4) is 0 Å². The van der Waals surface area contributed by atoms with E-state index in [0.717, 1.165) is 22.2 Å². The lowest BCUT2D eigenvalue weighted by Gasteiger charge is -2.14. The Morgan fingerprint density at radius 1 is 1.11 bits per heavy atom. The SMILES string of the molecule is COc1cc(/C=C2\SC(=O)N(Cc3cc4c(cc3Cl)OCO4)C2=O)cc(Br)c1OCc1ccccc1. The van der Waals surface area contributed by atoms with Crippen LogP contribution in [0.2, 0.25) is 5.02 Å². The number of imide groups is 1. The molecule has 0 aromatic heterocycles. The molecule has 1 fully saturated rings. The summed E-state index contributed by atoms with van der Waals surface area (Å²) in [5.74, 6) is 1.71. The number of fused-ring (bicyclic) bond motifs is 1. The van der Waals surface area contributed by atoms with Gasteiger partial charge >= 0.3 is 0 Å². The molecule has 0 spiro atoms. The Hall–Kier alpha value is -3.14. The average molecular weight is 589 g/mol. The molecular weight excluding hydrogens is 570 g/mol. The Bertz CT molecular complexity index is 1380. The van der Waals surface area contributed by atoms with Crippen LogP contribution in [0.15, 0.2) is 64.0 Å². The van der Waals surface area contributed by atoms with E-state index in [9.17, 15) is 9.59 Å². The van der Waals surface area contributed by atoms with Gasteiger partial charge in [-0.25, -0.2) is 0 Å². The summed E-state index contributed by atoms with van der Waals surface area (Å²) in [6, 6.07) is 16.7. The first-order valence-corrected chi connectivity index (χ1v) is 12.8. The summed E-state index contributed by atoms with van der Waals surface area (Å²) in [6.45, 7) is 0.502. The molecule has 2 aliphatic heterocycles. The maximum absolute atomic E-state index is 13.1. The molecule has 0 aliphatic carbocycles. The molecule has 0 atom stereocenters. The van der Waals surface area contributed by atoms with Crippen molar-refractivity contribution in [3.8, 4) is 23.0 Å². The van der Waals surface area contributed by atoms with E-state index in [1.54, 1.807) is 31.4 Å². The van der Waals surface area contributed by atoms with E-state index >= 15 is 0 Å². The van der Waals surface area contributed by atoms with Crippen molar-refractivity contribution in [2.24, 2.45) is 0 Å². The largest absolute Gasteiger partial charge is 0.493 e. The molecule has 0 bridgehead atoms. The number of amides is 2. The number of benzene rings is 3. The third-order valence-corrected chi connectivity index (χ3v) is 7.37. The van der Waals surface area contributed by atoms with Gasteiger partial charge in [0.1, 0.15) is 6.61 Å². The van der Waals surface area contributed by atoms with Crippen LogP contribution in [0.25, 0.3) is 6.08 Å². The highest BCUT2D eigenvalue weighted by Gasteiger charge is 2.36. The zero-order valence-electron chi connectivity index (χ0n) is 19.0. The van der Waals surface area contributed by atoms with Crippen LogP contribution in [-0.2, 0) is 17.9 Å². The number of carbonyl (C=O) groups is 2. The van der Waals surface area contributed by atoms with Crippen LogP contribution in [0, 0.1) is 0 Å². The average Bonchev–Trinajstić information content (AvgIpc) is 3.42. The standard InChI is InChI=1S/C26H19BrClNO6S/c1-32-22-8-16(7-18(27)24(22)33-13-15-5-3-2-4-6-15)9-23-25(30)29(26(31)36-23)12-17-10-20-21(11-19(17)28)35-14-34-20/h2-11H,12-14H2,1H3/b23-9-. The van der Waals surface area contributed by atoms with E-state index in [2.05, 4.69) is 15.9 Å². The first kappa shape index (κ1) is 24.5. The zero-order valence-corrected chi connectivity index (χ0v) is 22.1. The summed E-state index contributed by atoms with van der Waals surface area (Å²) in [7, 11) is 1.55. The molecule has 7 nitrogen and oxygen atoms in total. The summed E-state index contributed by atoms with van der Waals surface area (Å²) in [5.41, 5.74) is 2.29. The number of hydrogen-bond donors (Lipinski definition) is 0. The van der Waals surface area contributed by atoms with Crippen LogP contribution in [0.1, 0.15) is 16.7 Å². The van der Waals surface area contributed by atoms with Gasteiger partial charge in [-0.3, -0.25) is 14.5 Å². The molecular formula is C26H19BrClNO6S. The second kappa shape index (κ2) is 10.5. The summed E-state index contributed by atoms with van der Waals surface area (Å²) in [5, 5.41) is 0.0101. The van der Waals surface area contributed by atoms with Crippen molar-refractivity contribution in [2.45, 2.75) is 13.2 Å². The number of methoxy groups -OCH3 is 1. The molecule has 10 heteroatoms. The molecule has 2 amide bonds. The lowest BCUT2D eigenvalue weighted by Crippen LogP contribution is -2.27. The second-order valence-corrected chi connectivity index (χ2v) is 10.1. The van der Waals surface area contributed by atoms with Gasteiger partial charge in [0.25, 0.3) is 11.1 Å². The molecule has 1 saturated heterocycles. The van der Waals surface area contributed by atoms with Gasteiger partial charge in [0, 0.05) is 11.1 Å². The fourth-order valence-electron chi connectivity index (χ4n) is 3.73. The van der Waals surface area contributed by atoms with Gasteiger partial charge in [-0.05, 0) is 68.7 Å². The van der Waals surface area contributed by atoms with E-state index < -0.39 is 5.91 Å². The Morgan fingerprint density at radius 3 is 2.61 bits per heavy atom. The van der Waals surface area contributed by atoms with E-state index in [0.29, 0.717) is 55.1 Å². The lowest BCUT2D eigenvalue weighted by molar-refractivity contribution is -0.123. The van der Waals surface area contributed by atoms with Gasteiger partial charge in [0.05, 0.1) is 23.0 Å². The second-order valence-electron chi connectivity index (χ2n) is 7.87. The van der Waals surface area contributed by atoms with Crippen molar-refractivity contribution in [2.75, 3.05) is 13.9 Å². The smallest absolute Gasteiger partial charge is 0.293 e. The molecule has 0 radical (unpaired) electrons. The van der Waals surface area contributed by atoms with E-state index in [1.165, 1.54) is 0 Å². The quantitative estimate of drug-likeness (QED) is 0.286. The molecule has 0 N–H and O–H groups in total. The van der Waals surface area contributed by atoms with Gasteiger partial charge in [0.2, 0.25) is 6.79 Å². The van der Waals surface area contributed by atoms with Crippen LogP contribution >= 0.6 is 39.3 Å². The van der Waals surface area contributed by atoms with Gasteiger partial charge in [-0.15, -0.1) is 0 Å². The number of halogens is 2. The number of rotatable bonds is 7. The van der Waals surface area contributed by atoms with Crippen LogP contribution in [-0.4, -0.2) is 29.9 Å². The predicted molar refractivity (Wildman–Crippen MR) is 141 cm³/mol. The van der Waals surface area contributed by atoms with Crippen molar-refractivity contribution in [3.05, 3.63) is 85.7 Å². The van der Waals surface area contributed by atoms with Crippen molar-refractivity contribution in [1.82, 2.24) is 4.90 Å². The number of nitrogens with zero attached hydrogens (tertiary/aromatic N) is 1. The summed E-state index contributed by atoms with van der Waals surface area (Å²) in [6.07, 6.45) is 1.65. The Labute approximate surface area is 225 Å². The molecule has 36 heavy (non-hydrogen) atoms. The Morgan fingerprint density at radius 2 is 1.86 bits per heavy atom. The van der Waals surface area contributed by atoms with E-state index in [1.807, 2.05) is 36.4 Å². The molecule has 2 heterocycles. The van der Waals surface area contributed by atoms with Gasteiger partial charge in [-0.1, -0.05) is 41.9 Å². The fourth-order valence-corrected chi connectivity index (χ4v) is 5.36. The zero-order chi connectivity index (χ0) is 25.2. The van der Waals surface area contributed by atoms with Crippen molar-refractivity contribution < 1.29 is 28.5 Å². The fraction of sp³-hybridized carbons (Fsp3) is 0.154. The maximum Gasteiger partial charge on any atom is 0.293 e. The number of hydrogen-bond acceptors (Lipinski definition) is 7. The molecule has 5 rings (SSSR count). The predicted octanol–water partition coefficient (Wildman–Crippen LogP) is 6.66. The van der Waals surface area contributed by atoms with Crippen molar-refractivity contribution in [1.29, 1.82) is 0 Å². The Balaban J connectivity index is 1.35. The van der Waals surface area contributed by atoms with Gasteiger partial charge in [-0.2, -0.15) is 0 Å². The monoisotopic (exact) mass is 587 g/mol. The minimum atomic E-state index is -0.404. The topological polar surface area (TPSA) is 74.3 Å². The van der Waals surface area contributed by atoms with E-state index in [4.69, 9.17) is 30.5 Å². The maximum atomic E-state index is 13.1. The highest BCUT2D eigenvalue weighted by molar-refractivity contribution is 9.10. The molecule has 0 saturated carbocycles. The lowest BCUT2D eigenvalue weighted by atomic mass is 10.1. The van der Waals surface area contributed by atoms with Crippen molar-refractivity contribution >= 4 is 56.5 Å². The molecule has 2 aliphatic rings. The first-order chi connectivity index (χ1) is 17.4. The highest BCUT2D eigenvalue weighted by atomic mass is 79.9. The number of thioether (sulfide) groups is 1. The number of carbonyl (C=O) groups excluding carboxylic acids is 2. The third kappa shape index (κ3) is 5.04. The first-order valence-electron chi connectivity index (χ1n) is 10.8. The van der Waals surface area contributed by atoms with Crippen LogP contribution < -0.4 is 18.9 Å². The van der Waals surface area contributed by atoms with Crippen LogP contribution in [0.4, 0.5) is 4.79 Å². The summed E-state index contributed by atoms with van der Waals surface area (Å²) in [4.78, 5) is 27.2. The Kier molecular flexibility index (Phi) is 7.13. The van der Waals surface area contributed by atoms with E-state index in [-0.39, 0.29) is 18.6 Å². The minimum absolute atomic E-state index is 0.0246. The number of ether oxygens (including phenoxy) is 4. The van der Waals surface area contributed by atoms with Crippen LogP contribution in [0.5, 0.6) is 23.0 Å². The molecule has 184 valence electrons. The third-order valence-electron chi connectivity index (χ3n) is 5.52.